The van der Waals surface area contributed by atoms with E-state index in [0.717, 1.165) is 17.0 Å². The standard InChI is InChI=1S/C16H18N4O/c1-10(17)20-15(18-4)8-13(19-20)11-5-6-14-12(7-11)16(2,3)9-21-14/h5-8H,1,4,9,17H2,2-3H3. The van der Waals surface area contributed by atoms with Crippen molar-refractivity contribution >= 4 is 18.4 Å². The Morgan fingerprint density at radius 2 is 2.19 bits per heavy atom. The van der Waals surface area contributed by atoms with E-state index in [1.807, 2.05) is 18.2 Å². The minimum atomic E-state index is 0.00485. The molecule has 0 atom stereocenters. The molecule has 0 radical (unpaired) electrons. The summed E-state index contributed by atoms with van der Waals surface area (Å²) in [6.07, 6.45) is 0. The van der Waals surface area contributed by atoms with Crippen molar-refractivity contribution in [2.75, 3.05) is 6.61 Å². The van der Waals surface area contributed by atoms with E-state index in [1.165, 1.54) is 10.2 Å². The van der Waals surface area contributed by atoms with Gasteiger partial charge in [-0.05, 0) is 24.9 Å². The van der Waals surface area contributed by atoms with Crippen LogP contribution in [-0.2, 0) is 5.41 Å². The highest BCUT2D eigenvalue weighted by molar-refractivity contribution is 5.68. The van der Waals surface area contributed by atoms with Gasteiger partial charge in [0.15, 0.2) is 5.82 Å². The minimum Gasteiger partial charge on any atom is -0.492 e. The first-order chi connectivity index (χ1) is 9.92. The lowest BCUT2D eigenvalue weighted by atomic mass is 9.86. The van der Waals surface area contributed by atoms with E-state index >= 15 is 0 Å². The average Bonchev–Trinajstić information content (AvgIpc) is 3.00. The molecule has 3 rings (SSSR count). The molecule has 0 aliphatic carbocycles. The molecule has 5 nitrogen and oxygen atoms in total. The van der Waals surface area contributed by atoms with Gasteiger partial charge < -0.3 is 10.5 Å². The van der Waals surface area contributed by atoms with E-state index < -0.39 is 0 Å². The van der Waals surface area contributed by atoms with Crippen LogP contribution in [0.1, 0.15) is 19.4 Å². The third-order valence-electron chi connectivity index (χ3n) is 3.72. The summed E-state index contributed by atoms with van der Waals surface area (Å²) in [6, 6.07) is 7.92. The number of hydrogen-bond acceptors (Lipinski definition) is 4. The molecule has 0 amide bonds. The van der Waals surface area contributed by atoms with E-state index in [2.05, 4.69) is 43.3 Å². The van der Waals surface area contributed by atoms with Crippen LogP contribution in [0.4, 0.5) is 5.82 Å². The summed E-state index contributed by atoms with van der Waals surface area (Å²) in [5.41, 5.74) is 8.69. The summed E-state index contributed by atoms with van der Waals surface area (Å²) >= 11 is 0. The molecule has 0 spiro atoms. The summed E-state index contributed by atoms with van der Waals surface area (Å²) in [5.74, 6) is 1.83. The van der Waals surface area contributed by atoms with E-state index in [-0.39, 0.29) is 5.41 Å². The van der Waals surface area contributed by atoms with Crippen LogP contribution >= 0.6 is 0 Å². The maximum Gasteiger partial charge on any atom is 0.157 e. The molecule has 0 saturated carbocycles. The largest absolute Gasteiger partial charge is 0.492 e. The molecule has 5 heteroatoms. The highest BCUT2D eigenvalue weighted by Gasteiger charge is 2.32. The normalized spacial score (nSPS) is 15.3. The van der Waals surface area contributed by atoms with Gasteiger partial charge in [-0.15, -0.1) is 0 Å². The van der Waals surface area contributed by atoms with Crippen molar-refractivity contribution in [2.24, 2.45) is 10.7 Å². The number of nitrogens with two attached hydrogens (primary N) is 1. The van der Waals surface area contributed by atoms with Gasteiger partial charge in [-0.3, -0.25) is 0 Å². The third-order valence-corrected chi connectivity index (χ3v) is 3.72. The molecule has 2 heterocycles. The topological polar surface area (TPSA) is 65.4 Å². The van der Waals surface area contributed by atoms with E-state index in [1.54, 1.807) is 0 Å². The van der Waals surface area contributed by atoms with Gasteiger partial charge in [-0.25, -0.2) is 4.99 Å². The molecule has 0 bridgehead atoms. The van der Waals surface area contributed by atoms with Gasteiger partial charge in [0, 0.05) is 22.6 Å². The van der Waals surface area contributed by atoms with E-state index in [4.69, 9.17) is 10.5 Å². The van der Waals surface area contributed by atoms with Gasteiger partial charge in [0.1, 0.15) is 11.6 Å². The molecule has 1 aromatic heterocycles. The fraction of sp³-hybridized carbons (Fsp3) is 0.250. The first-order valence-electron chi connectivity index (χ1n) is 6.71. The fourth-order valence-corrected chi connectivity index (χ4v) is 2.52. The highest BCUT2D eigenvalue weighted by Crippen LogP contribution is 2.40. The summed E-state index contributed by atoms with van der Waals surface area (Å²) < 4.78 is 7.19. The first kappa shape index (κ1) is 13.4. The molecule has 0 fully saturated rings. The van der Waals surface area contributed by atoms with Gasteiger partial charge >= 0.3 is 0 Å². The second-order valence-electron chi connectivity index (χ2n) is 5.83. The fourth-order valence-electron chi connectivity index (χ4n) is 2.52. The molecule has 2 aromatic rings. The maximum atomic E-state index is 5.71. The average molecular weight is 282 g/mol. The molecule has 0 unspecified atom stereocenters. The van der Waals surface area contributed by atoms with E-state index in [9.17, 15) is 0 Å². The molecular weight excluding hydrogens is 264 g/mol. The van der Waals surface area contributed by atoms with Crippen LogP contribution in [0, 0.1) is 0 Å². The Kier molecular flexibility index (Phi) is 2.86. The quantitative estimate of drug-likeness (QED) is 0.880. The molecule has 2 N–H and O–H groups in total. The second-order valence-corrected chi connectivity index (χ2v) is 5.83. The Morgan fingerprint density at radius 1 is 1.43 bits per heavy atom. The summed E-state index contributed by atoms with van der Waals surface area (Å²) in [5, 5.41) is 4.44. The van der Waals surface area contributed by atoms with Gasteiger partial charge in [0.2, 0.25) is 0 Å². The van der Waals surface area contributed by atoms with Crippen molar-refractivity contribution in [2.45, 2.75) is 19.3 Å². The minimum absolute atomic E-state index is 0.00485. The molecule has 108 valence electrons. The summed E-state index contributed by atoms with van der Waals surface area (Å²) in [4.78, 5) is 3.92. The number of hydrogen-bond donors (Lipinski definition) is 1. The lowest BCUT2D eigenvalue weighted by Crippen LogP contribution is -2.18. The zero-order chi connectivity index (χ0) is 15.2. The van der Waals surface area contributed by atoms with Crippen LogP contribution < -0.4 is 10.5 Å². The lowest BCUT2D eigenvalue weighted by molar-refractivity contribution is 0.291. The highest BCUT2D eigenvalue weighted by atomic mass is 16.5. The molecule has 1 aliphatic heterocycles. The summed E-state index contributed by atoms with van der Waals surface area (Å²) in [6.45, 7) is 12.3. The predicted octanol–water partition coefficient (Wildman–Crippen LogP) is 2.94. The monoisotopic (exact) mass is 282 g/mol. The summed E-state index contributed by atoms with van der Waals surface area (Å²) in [7, 11) is 0. The van der Waals surface area contributed by atoms with Gasteiger partial charge in [0.25, 0.3) is 0 Å². The van der Waals surface area contributed by atoms with Crippen LogP contribution in [0.25, 0.3) is 17.1 Å². The number of fused-ring (bicyclic) bond motifs is 1. The number of rotatable bonds is 3. The smallest absolute Gasteiger partial charge is 0.157 e. The van der Waals surface area contributed by atoms with Gasteiger partial charge in [-0.1, -0.05) is 20.4 Å². The van der Waals surface area contributed by atoms with Crippen molar-refractivity contribution < 1.29 is 4.74 Å². The van der Waals surface area contributed by atoms with Crippen molar-refractivity contribution in [1.82, 2.24) is 9.78 Å². The molecule has 1 aliphatic rings. The Hall–Kier alpha value is -2.56. The first-order valence-corrected chi connectivity index (χ1v) is 6.71. The van der Waals surface area contributed by atoms with Gasteiger partial charge in [-0.2, -0.15) is 9.78 Å². The Bertz CT molecular complexity index is 743. The zero-order valence-electron chi connectivity index (χ0n) is 12.3. The predicted molar refractivity (Wildman–Crippen MR) is 84.9 cm³/mol. The molecular formula is C16H18N4O. The molecule has 1 aromatic carbocycles. The van der Waals surface area contributed by atoms with Crippen molar-refractivity contribution in [3.8, 4) is 17.0 Å². The van der Waals surface area contributed by atoms with Gasteiger partial charge in [0.05, 0.1) is 12.3 Å². The van der Waals surface area contributed by atoms with Crippen molar-refractivity contribution in [3.63, 3.8) is 0 Å². The Labute approximate surface area is 123 Å². The number of ether oxygens (including phenoxy) is 1. The van der Waals surface area contributed by atoms with Crippen LogP contribution in [0.3, 0.4) is 0 Å². The van der Waals surface area contributed by atoms with Crippen LogP contribution in [0.15, 0.2) is 35.8 Å². The van der Waals surface area contributed by atoms with Crippen molar-refractivity contribution in [1.29, 1.82) is 0 Å². The Balaban J connectivity index is 2.10. The number of aliphatic imine (C=N–C) groups is 1. The number of benzene rings is 1. The van der Waals surface area contributed by atoms with Crippen LogP contribution in [-0.4, -0.2) is 23.1 Å². The zero-order valence-corrected chi connectivity index (χ0v) is 12.3. The third kappa shape index (κ3) is 2.11. The van der Waals surface area contributed by atoms with Crippen LogP contribution in [0.5, 0.6) is 5.75 Å². The SMILES string of the molecule is C=Nc1cc(-c2ccc3c(c2)C(C)(C)CO3)nn1C(=C)N. The number of aromatic nitrogens is 2. The van der Waals surface area contributed by atoms with Crippen LogP contribution in [0.2, 0.25) is 0 Å². The lowest BCUT2D eigenvalue weighted by Gasteiger charge is -2.15. The van der Waals surface area contributed by atoms with E-state index in [0.29, 0.717) is 18.2 Å². The maximum absolute atomic E-state index is 5.71. The van der Waals surface area contributed by atoms with Crippen molar-refractivity contribution in [3.05, 3.63) is 36.4 Å². The second kappa shape index (κ2) is 4.48. The Morgan fingerprint density at radius 3 is 2.81 bits per heavy atom. The molecule has 0 saturated heterocycles. The number of nitrogens with zero attached hydrogens (tertiary/aromatic N) is 3. The molecule has 21 heavy (non-hydrogen) atoms.